The molecular weight excluding hydrogens is 296 g/mol. The smallest absolute Gasteiger partial charge is 0.248 e. The topological polar surface area (TPSA) is 65.2 Å². The van der Waals surface area contributed by atoms with Crippen LogP contribution in [0.3, 0.4) is 0 Å². The van der Waals surface area contributed by atoms with E-state index in [-0.39, 0.29) is 0 Å². The fourth-order valence-corrected chi connectivity index (χ4v) is 1.96. The Bertz CT molecular complexity index is 599. The van der Waals surface area contributed by atoms with Crippen LogP contribution in [-0.2, 0) is 0 Å². The summed E-state index contributed by atoms with van der Waals surface area (Å²) >= 11 is 3.37. The molecule has 18 heavy (non-hydrogen) atoms. The molecule has 0 fully saturated rings. The van der Waals surface area contributed by atoms with Gasteiger partial charge in [-0.15, -0.1) is 0 Å². The fourth-order valence-electron chi connectivity index (χ4n) is 1.42. The number of aryl methyl sites for hydroxylation is 1. The molecular formula is C13H11BrN2O2. The van der Waals surface area contributed by atoms with Gasteiger partial charge in [-0.3, -0.25) is 4.79 Å². The zero-order chi connectivity index (χ0) is 13.1. The van der Waals surface area contributed by atoms with Crippen LogP contribution in [0.4, 0.5) is 0 Å². The van der Waals surface area contributed by atoms with E-state index in [0.29, 0.717) is 17.2 Å². The van der Waals surface area contributed by atoms with Gasteiger partial charge in [0.15, 0.2) is 0 Å². The lowest BCUT2D eigenvalue weighted by Gasteiger charge is -2.07. The first-order chi connectivity index (χ1) is 8.56. The van der Waals surface area contributed by atoms with Gasteiger partial charge in [-0.2, -0.15) is 0 Å². The molecule has 0 bridgehead atoms. The van der Waals surface area contributed by atoms with E-state index in [2.05, 4.69) is 20.9 Å². The minimum absolute atomic E-state index is 0.399. The van der Waals surface area contributed by atoms with Crippen molar-refractivity contribution in [3.05, 3.63) is 52.1 Å². The van der Waals surface area contributed by atoms with Gasteiger partial charge in [-0.25, -0.2) is 4.98 Å². The van der Waals surface area contributed by atoms with Crippen LogP contribution in [0.1, 0.15) is 15.9 Å². The number of hydrogen-bond donors (Lipinski definition) is 1. The van der Waals surface area contributed by atoms with Gasteiger partial charge in [0.2, 0.25) is 11.8 Å². The highest BCUT2D eigenvalue weighted by atomic mass is 79.9. The van der Waals surface area contributed by atoms with Gasteiger partial charge in [0, 0.05) is 11.8 Å². The average Bonchev–Trinajstić information content (AvgIpc) is 2.33. The van der Waals surface area contributed by atoms with Crippen molar-refractivity contribution in [3.63, 3.8) is 0 Å². The first kappa shape index (κ1) is 12.6. The number of halogens is 1. The molecule has 0 aliphatic rings. The molecule has 2 aromatic rings. The van der Waals surface area contributed by atoms with Gasteiger partial charge in [-0.05, 0) is 52.7 Å². The molecule has 0 spiro atoms. The first-order valence-corrected chi connectivity index (χ1v) is 6.05. The molecule has 2 rings (SSSR count). The summed E-state index contributed by atoms with van der Waals surface area (Å²) in [5.41, 5.74) is 6.63. The van der Waals surface area contributed by atoms with Crippen molar-refractivity contribution >= 4 is 21.8 Å². The van der Waals surface area contributed by atoms with Gasteiger partial charge in [-0.1, -0.05) is 6.07 Å². The van der Waals surface area contributed by atoms with Crippen LogP contribution in [0.15, 0.2) is 41.0 Å². The third kappa shape index (κ3) is 2.87. The first-order valence-electron chi connectivity index (χ1n) is 5.26. The summed E-state index contributed by atoms with van der Waals surface area (Å²) in [6, 6.07) is 8.56. The largest absolute Gasteiger partial charge is 0.438 e. The molecule has 0 unspecified atom stereocenters. The van der Waals surface area contributed by atoms with Crippen LogP contribution in [0.5, 0.6) is 11.6 Å². The number of ether oxygens (including phenoxy) is 1. The molecule has 0 saturated carbocycles. The van der Waals surface area contributed by atoms with Crippen LogP contribution in [0.25, 0.3) is 0 Å². The maximum atomic E-state index is 11.1. The summed E-state index contributed by atoms with van der Waals surface area (Å²) in [6.07, 6.45) is 1.71. The molecule has 0 saturated heterocycles. The Hall–Kier alpha value is -1.88. The zero-order valence-electron chi connectivity index (χ0n) is 9.68. The molecule has 1 heterocycles. The number of pyridine rings is 1. The van der Waals surface area contributed by atoms with Gasteiger partial charge in [0.25, 0.3) is 0 Å². The highest BCUT2D eigenvalue weighted by Crippen LogP contribution is 2.28. The number of carbonyl (C=O) groups is 1. The van der Waals surface area contributed by atoms with Gasteiger partial charge in [0.05, 0.1) is 4.47 Å². The van der Waals surface area contributed by atoms with Crippen molar-refractivity contribution in [2.75, 3.05) is 0 Å². The van der Waals surface area contributed by atoms with Crippen molar-refractivity contribution < 1.29 is 9.53 Å². The van der Waals surface area contributed by atoms with Gasteiger partial charge < -0.3 is 10.5 Å². The van der Waals surface area contributed by atoms with E-state index in [9.17, 15) is 4.79 Å². The van der Waals surface area contributed by atoms with E-state index in [1.165, 1.54) is 0 Å². The quantitative estimate of drug-likeness (QED) is 0.948. The minimum Gasteiger partial charge on any atom is -0.438 e. The summed E-state index contributed by atoms with van der Waals surface area (Å²) in [5, 5.41) is 0. The Morgan fingerprint density at radius 2 is 2.17 bits per heavy atom. The molecule has 1 amide bonds. The fraction of sp³-hybridized carbons (Fsp3) is 0.0769. The number of hydrogen-bond acceptors (Lipinski definition) is 3. The Kier molecular flexibility index (Phi) is 3.62. The summed E-state index contributed by atoms with van der Waals surface area (Å²) in [6.45, 7) is 1.94. The standard InChI is InChI=1S/C13H11BrN2O2/c1-8-5-11(14)13(16-7-8)18-10-4-2-3-9(6-10)12(15)17/h2-7H,1H3,(H2,15,17). The second-order valence-corrected chi connectivity index (χ2v) is 4.65. The normalized spacial score (nSPS) is 10.1. The average molecular weight is 307 g/mol. The van der Waals surface area contributed by atoms with E-state index in [4.69, 9.17) is 10.5 Å². The number of nitrogens with two attached hydrogens (primary N) is 1. The Balaban J connectivity index is 2.28. The summed E-state index contributed by atoms with van der Waals surface area (Å²) in [5.74, 6) is 0.474. The second kappa shape index (κ2) is 5.18. The minimum atomic E-state index is -0.489. The second-order valence-electron chi connectivity index (χ2n) is 3.79. The Morgan fingerprint density at radius 1 is 1.39 bits per heavy atom. The third-order valence-corrected chi connectivity index (χ3v) is 2.85. The highest BCUT2D eigenvalue weighted by molar-refractivity contribution is 9.10. The van der Waals surface area contributed by atoms with Crippen molar-refractivity contribution in [2.24, 2.45) is 5.73 Å². The number of benzene rings is 1. The number of amides is 1. The maximum Gasteiger partial charge on any atom is 0.248 e. The lowest BCUT2D eigenvalue weighted by Crippen LogP contribution is -2.10. The van der Waals surface area contributed by atoms with Crippen molar-refractivity contribution in [3.8, 4) is 11.6 Å². The van der Waals surface area contributed by atoms with Crippen LogP contribution in [0, 0.1) is 6.92 Å². The predicted molar refractivity (Wildman–Crippen MR) is 71.7 cm³/mol. The van der Waals surface area contributed by atoms with E-state index in [1.807, 2.05) is 13.0 Å². The summed E-state index contributed by atoms with van der Waals surface area (Å²) < 4.78 is 6.35. The highest BCUT2D eigenvalue weighted by Gasteiger charge is 2.06. The maximum absolute atomic E-state index is 11.1. The van der Waals surface area contributed by atoms with Crippen LogP contribution in [-0.4, -0.2) is 10.9 Å². The molecule has 0 atom stereocenters. The molecule has 1 aromatic heterocycles. The molecule has 92 valence electrons. The predicted octanol–water partition coefficient (Wildman–Crippen LogP) is 3.04. The van der Waals surface area contributed by atoms with Crippen LogP contribution in [0.2, 0.25) is 0 Å². The molecule has 1 aromatic carbocycles. The molecule has 2 N–H and O–H groups in total. The number of aromatic nitrogens is 1. The summed E-state index contributed by atoms with van der Waals surface area (Å²) in [7, 11) is 0. The Labute approximate surface area is 113 Å². The Morgan fingerprint density at radius 3 is 2.83 bits per heavy atom. The molecule has 0 radical (unpaired) electrons. The zero-order valence-corrected chi connectivity index (χ0v) is 11.3. The molecule has 4 nitrogen and oxygen atoms in total. The van der Waals surface area contributed by atoms with E-state index >= 15 is 0 Å². The number of rotatable bonds is 3. The third-order valence-electron chi connectivity index (χ3n) is 2.28. The van der Waals surface area contributed by atoms with E-state index in [1.54, 1.807) is 30.5 Å². The number of carbonyl (C=O) groups excluding carboxylic acids is 1. The van der Waals surface area contributed by atoms with Crippen LogP contribution >= 0.6 is 15.9 Å². The SMILES string of the molecule is Cc1cnc(Oc2cccc(C(N)=O)c2)c(Br)c1. The molecule has 0 aliphatic carbocycles. The molecule has 0 aliphatic heterocycles. The number of primary amides is 1. The van der Waals surface area contributed by atoms with Gasteiger partial charge in [0.1, 0.15) is 5.75 Å². The lowest BCUT2D eigenvalue weighted by atomic mass is 10.2. The monoisotopic (exact) mass is 306 g/mol. The van der Waals surface area contributed by atoms with Crippen molar-refractivity contribution in [2.45, 2.75) is 6.92 Å². The van der Waals surface area contributed by atoms with Gasteiger partial charge >= 0.3 is 0 Å². The lowest BCUT2D eigenvalue weighted by molar-refractivity contribution is 0.1000. The number of nitrogens with zero attached hydrogens (tertiary/aromatic N) is 1. The van der Waals surface area contributed by atoms with Crippen LogP contribution < -0.4 is 10.5 Å². The van der Waals surface area contributed by atoms with Crippen molar-refractivity contribution in [1.29, 1.82) is 0 Å². The molecule has 5 heteroatoms. The van der Waals surface area contributed by atoms with Crippen molar-refractivity contribution in [1.82, 2.24) is 4.98 Å². The summed E-state index contributed by atoms with van der Waals surface area (Å²) in [4.78, 5) is 15.2. The van der Waals surface area contributed by atoms with E-state index < -0.39 is 5.91 Å². The van der Waals surface area contributed by atoms with E-state index in [0.717, 1.165) is 10.0 Å².